The van der Waals surface area contributed by atoms with E-state index in [1.54, 1.807) is 6.20 Å². The van der Waals surface area contributed by atoms with E-state index in [4.69, 9.17) is 0 Å². The molecule has 1 aromatic heterocycles. The Balaban J connectivity index is 2.29. The zero-order chi connectivity index (χ0) is 8.10. The minimum Gasteiger partial charge on any atom is -0.350 e. The summed E-state index contributed by atoms with van der Waals surface area (Å²) in [5, 5.41) is 9.49. The molecule has 60 valence electrons. The van der Waals surface area contributed by atoms with Gasteiger partial charge in [-0.1, -0.05) is 15.9 Å². The van der Waals surface area contributed by atoms with E-state index in [-0.39, 0.29) is 5.91 Å². The summed E-state index contributed by atoms with van der Waals surface area (Å²) in [4.78, 5) is 10.7. The van der Waals surface area contributed by atoms with Crippen LogP contribution in [0.15, 0.2) is 12.3 Å². The van der Waals surface area contributed by atoms with Crippen molar-refractivity contribution in [3.05, 3.63) is 18.0 Å². The summed E-state index contributed by atoms with van der Waals surface area (Å²) in [5.74, 6) is -0.0281. The number of nitrogens with zero attached hydrogens (tertiary/aromatic N) is 1. The number of nitrogens with one attached hydrogen (secondary N) is 2. The fraction of sp³-hybridized carbons (Fsp3) is 0.333. The van der Waals surface area contributed by atoms with Crippen LogP contribution in [-0.4, -0.2) is 21.4 Å². The van der Waals surface area contributed by atoms with Gasteiger partial charge in [0.25, 0.3) is 0 Å². The van der Waals surface area contributed by atoms with Crippen LogP contribution in [0.3, 0.4) is 0 Å². The largest absolute Gasteiger partial charge is 0.350 e. The predicted octanol–water partition coefficient (Wildman–Crippen LogP) is 0.421. The molecule has 0 spiro atoms. The van der Waals surface area contributed by atoms with Crippen molar-refractivity contribution in [1.29, 1.82) is 0 Å². The number of alkyl halides is 1. The monoisotopic (exact) mass is 217 g/mol. The number of aromatic amines is 1. The average molecular weight is 218 g/mol. The summed E-state index contributed by atoms with van der Waals surface area (Å²) in [6.45, 7) is 0.504. The van der Waals surface area contributed by atoms with Gasteiger partial charge in [-0.3, -0.25) is 9.89 Å². The first-order valence-electron chi connectivity index (χ1n) is 3.14. The number of hydrogen-bond donors (Lipinski definition) is 2. The van der Waals surface area contributed by atoms with E-state index in [9.17, 15) is 4.79 Å². The standard InChI is InChI=1S/C6H8BrN3O/c7-3-6(11)8-4-5-1-2-9-10-5/h1-2H,3-4H2,(H,8,11)(H,9,10). The van der Waals surface area contributed by atoms with Crippen molar-refractivity contribution >= 4 is 21.8 Å². The second kappa shape index (κ2) is 4.12. The van der Waals surface area contributed by atoms with Gasteiger partial charge in [-0.15, -0.1) is 0 Å². The summed E-state index contributed by atoms with van der Waals surface area (Å²) in [5.41, 5.74) is 0.902. The van der Waals surface area contributed by atoms with Crippen molar-refractivity contribution in [3.8, 4) is 0 Å². The molecular formula is C6H8BrN3O. The molecule has 0 aromatic carbocycles. The van der Waals surface area contributed by atoms with Gasteiger partial charge in [0.2, 0.25) is 5.91 Å². The molecule has 4 nitrogen and oxygen atoms in total. The number of aromatic nitrogens is 2. The molecule has 0 aliphatic rings. The van der Waals surface area contributed by atoms with Gasteiger partial charge in [0.1, 0.15) is 0 Å². The highest BCUT2D eigenvalue weighted by Crippen LogP contribution is 1.89. The van der Waals surface area contributed by atoms with Crippen molar-refractivity contribution in [1.82, 2.24) is 15.5 Å². The first-order valence-corrected chi connectivity index (χ1v) is 4.26. The van der Waals surface area contributed by atoms with E-state index < -0.39 is 0 Å². The van der Waals surface area contributed by atoms with Gasteiger partial charge in [-0.05, 0) is 6.07 Å². The zero-order valence-electron chi connectivity index (χ0n) is 5.80. The molecule has 1 rings (SSSR count). The number of halogens is 1. The Morgan fingerprint density at radius 3 is 3.18 bits per heavy atom. The van der Waals surface area contributed by atoms with Crippen molar-refractivity contribution in [2.24, 2.45) is 0 Å². The molecule has 0 unspecified atom stereocenters. The second-order valence-electron chi connectivity index (χ2n) is 1.99. The Bertz CT molecular complexity index is 222. The maximum Gasteiger partial charge on any atom is 0.230 e. The Kier molecular flexibility index (Phi) is 3.10. The molecule has 0 bridgehead atoms. The van der Waals surface area contributed by atoms with E-state index in [1.807, 2.05) is 6.07 Å². The van der Waals surface area contributed by atoms with Crippen molar-refractivity contribution < 1.29 is 4.79 Å². The third-order valence-corrected chi connectivity index (χ3v) is 1.67. The molecule has 0 saturated carbocycles. The Morgan fingerprint density at radius 1 is 1.82 bits per heavy atom. The highest BCUT2D eigenvalue weighted by Gasteiger charge is 1.97. The van der Waals surface area contributed by atoms with Crippen LogP contribution in [0.2, 0.25) is 0 Å². The van der Waals surface area contributed by atoms with Gasteiger partial charge in [-0.25, -0.2) is 0 Å². The Morgan fingerprint density at radius 2 is 2.64 bits per heavy atom. The lowest BCUT2D eigenvalue weighted by Crippen LogP contribution is -2.23. The van der Waals surface area contributed by atoms with Crippen LogP contribution in [0.4, 0.5) is 0 Å². The van der Waals surface area contributed by atoms with E-state index in [2.05, 4.69) is 31.4 Å². The minimum absolute atomic E-state index is 0.0281. The fourth-order valence-corrected chi connectivity index (χ4v) is 0.822. The molecule has 1 amide bonds. The van der Waals surface area contributed by atoms with Gasteiger partial charge >= 0.3 is 0 Å². The number of H-pyrrole nitrogens is 1. The number of amides is 1. The Hall–Kier alpha value is -0.840. The molecule has 0 fully saturated rings. The van der Waals surface area contributed by atoms with E-state index in [1.165, 1.54) is 0 Å². The summed E-state index contributed by atoms with van der Waals surface area (Å²) >= 11 is 3.04. The first kappa shape index (κ1) is 8.26. The summed E-state index contributed by atoms with van der Waals surface area (Å²) in [6.07, 6.45) is 1.65. The van der Waals surface area contributed by atoms with Crippen molar-refractivity contribution in [2.45, 2.75) is 6.54 Å². The van der Waals surface area contributed by atoms with Crippen molar-refractivity contribution in [2.75, 3.05) is 5.33 Å². The van der Waals surface area contributed by atoms with Gasteiger partial charge in [0.05, 0.1) is 17.6 Å². The number of rotatable bonds is 3. The molecule has 11 heavy (non-hydrogen) atoms. The predicted molar refractivity (Wildman–Crippen MR) is 44.2 cm³/mol. The minimum atomic E-state index is -0.0281. The molecule has 0 saturated heterocycles. The average Bonchev–Trinajstić information content (AvgIpc) is 2.52. The van der Waals surface area contributed by atoms with Crippen LogP contribution >= 0.6 is 15.9 Å². The van der Waals surface area contributed by atoms with Crippen LogP contribution in [0.1, 0.15) is 5.69 Å². The van der Waals surface area contributed by atoms with Crippen LogP contribution in [0.5, 0.6) is 0 Å². The van der Waals surface area contributed by atoms with Gasteiger partial charge in [-0.2, -0.15) is 5.10 Å². The molecule has 5 heteroatoms. The molecule has 0 atom stereocenters. The second-order valence-corrected chi connectivity index (χ2v) is 2.55. The molecule has 0 aliphatic heterocycles. The topological polar surface area (TPSA) is 57.8 Å². The van der Waals surface area contributed by atoms with Crippen LogP contribution in [0.25, 0.3) is 0 Å². The summed E-state index contributed by atoms with van der Waals surface area (Å²) in [7, 11) is 0. The Labute approximate surface area is 72.5 Å². The number of carbonyl (C=O) groups is 1. The van der Waals surface area contributed by atoms with E-state index in [0.717, 1.165) is 5.69 Å². The maximum atomic E-state index is 10.7. The SMILES string of the molecule is O=C(CBr)NCc1ccn[nH]1. The first-order chi connectivity index (χ1) is 5.33. The summed E-state index contributed by atoms with van der Waals surface area (Å²) < 4.78 is 0. The molecule has 1 heterocycles. The van der Waals surface area contributed by atoms with Crippen LogP contribution in [0, 0.1) is 0 Å². The van der Waals surface area contributed by atoms with Crippen molar-refractivity contribution in [3.63, 3.8) is 0 Å². The normalized spacial score (nSPS) is 9.55. The smallest absolute Gasteiger partial charge is 0.230 e. The molecule has 2 N–H and O–H groups in total. The van der Waals surface area contributed by atoms with E-state index in [0.29, 0.717) is 11.9 Å². The molecule has 0 radical (unpaired) electrons. The van der Waals surface area contributed by atoms with Gasteiger partial charge < -0.3 is 5.32 Å². The lowest BCUT2D eigenvalue weighted by atomic mass is 10.4. The molecule has 0 aliphatic carbocycles. The maximum absolute atomic E-state index is 10.7. The van der Waals surface area contributed by atoms with Crippen LogP contribution in [-0.2, 0) is 11.3 Å². The zero-order valence-corrected chi connectivity index (χ0v) is 7.39. The highest BCUT2D eigenvalue weighted by atomic mass is 79.9. The fourth-order valence-electron chi connectivity index (χ4n) is 0.624. The number of carbonyl (C=O) groups excluding carboxylic acids is 1. The lowest BCUT2D eigenvalue weighted by molar-refractivity contribution is -0.118. The summed E-state index contributed by atoms with van der Waals surface area (Å²) in [6, 6.07) is 1.81. The highest BCUT2D eigenvalue weighted by molar-refractivity contribution is 9.09. The van der Waals surface area contributed by atoms with E-state index >= 15 is 0 Å². The van der Waals surface area contributed by atoms with Gasteiger partial charge in [0, 0.05) is 6.20 Å². The number of hydrogen-bond acceptors (Lipinski definition) is 2. The molecular weight excluding hydrogens is 210 g/mol. The lowest BCUT2D eigenvalue weighted by Gasteiger charge is -1.98. The molecule has 1 aromatic rings. The third kappa shape index (κ3) is 2.71. The van der Waals surface area contributed by atoms with Crippen LogP contribution < -0.4 is 5.32 Å². The third-order valence-electron chi connectivity index (χ3n) is 1.16. The van der Waals surface area contributed by atoms with Gasteiger partial charge in [0.15, 0.2) is 0 Å². The quantitative estimate of drug-likeness (QED) is 0.722.